The summed E-state index contributed by atoms with van der Waals surface area (Å²) in [6.07, 6.45) is 7.60. The summed E-state index contributed by atoms with van der Waals surface area (Å²) in [7, 11) is 1.81. The van der Waals surface area contributed by atoms with Crippen LogP contribution in [0, 0.1) is 12.8 Å². The number of thiazole rings is 1. The van der Waals surface area contributed by atoms with Gasteiger partial charge < -0.3 is 14.4 Å². The highest BCUT2D eigenvalue weighted by Gasteiger charge is 2.53. The van der Waals surface area contributed by atoms with Gasteiger partial charge in [0.15, 0.2) is 0 Å². The highest BCUT2D eigenvalue weighted by atomic mass is 32.1. The number of nitrogens with zero attached hydrogens (tertiary/aromatic N) is 2. The van der Waals surface area contributed by atoms with E-state index in [0.717, 1.165) is 66.8 Å². The van der Waals surface area contributed by atoms with Gasteiger partial charge in [0.05, 0.1) is 28.4 Å². The quantitative estimate of drug-likeness (QED) is 0.759. The van der Waals surface area contributed by atoms with Crippen LogP contribution in [0.1, 0.15) is 65.8 Å². The minimum Gasteiger partial charge on any atom is -0.378 e. The number of ether oxygens (including phenoxy) is 2. The number of rotatable bonds is 6. The van der Waals surface area contributed by atoms with Crippen molar-refractivity contribution in [3.8, 4) is 0 Å². The van der Waals surface area contributed by atoms with Crippen LogP contribution in [0.3, 0.4) is 0 Å². The number of amides is 1. The first-order valence-corrected chi connectivity index (χ1v) is 10.8. The van der Waals surface area contributed by atoms with Crippen molar-refractivity contribution in [1.82, 2.24) is 9.88 Å². The number of aromatic nitrogens is 1. The van der Waals surface area contributed by atoms with Crippen molar-refractivity contribution in [2.75, 3.05) is 20.3 Å². The molecule has 1 aromatic rings. The number of hydrogen-bond donors (Lipinski definition) is 0. The van der Waals surface area contributed by atoms with E-state index < -0.39 is 0 Å². The van der Waals surface area contributed by atoms with Crippen LogP contribution in [0.4, 0.5) is 0 Å². The van der Waals surface area contributed by atoms with Crippen molar-refractivity contribution in [2.24, 2.45) is 5.92 Å². The Morgan fingerprint density at radius 3 is 2.81 bits per heavy atom. The van der Waals surface area contributed by atoms with Crippen LogP contribution < -0.4 is 0 Å². The summed E-state index contributed by atoms with van der Waals surface area (Å²) in [4.78, 5) is 20.7. The summed E-state index contributed by atoms with van der Waals surface area (Å²) in [5.74, 6) is 0.907. The first kappa shape index (κ1) is 18.4. The van der Waals surface area contributed by atoms with Gasteiger partial charge in [0, 0.05) is 20.3 Å². The summed E-state index contributed by atoms with van der Waals surface area (Å²) in [6, 6.07) is 0.115. The normalized spacial score (nSPS) is 31.3. The van der Waals surface area contributed by atoms with E-state index in [1.807, 2.05) is 6.92 Å². The Balaban J connectivity index is 1.51. The summed E-state index contributed by atoms with van der Waals surface area (Å²) < 4.78 is 12.2. The highest BCUT2D eigenvalue weighted by molar-refractivity contribution is 7.13. The summed E-state index contributed by atoms with van der Waals surface area (Å²) in [5.41, 5.74) is 0.672. The lowest BCUT2D eigenvalue weighted by Gasteiger charge is -2.43. The minimum absolute atomic E-state index is 0.115. The topological polar surface area (TPSA) is 51.7 Å². The van der Waals surface area contributed by atoms with E-state index in [9.17, 15) is 4.79 Å². The lowest BCUT2D eigenvalue weighted by atomic mass is 9.79. The van der Waals surface area contributed by atoms with Gasteiger partial charge in [-0.1, -0.05) is 6.92 Å². The molecule has 2 aliphatic carbocycles. The first-order valence-electron chi connectivity index (χ1n) is 10.0. The van der Waals surface area contributed by atoms with Crippen molar-refractivity contribution in [3.05, 3.63) is 15.6 Å². The molecular weight excluding hydrogens is 348 g/mol. The van der Waals surface area contributed by atoms with E-state index in [-0.39, 0.29) is 23.7 Å². The number of fused-ring (bicyclic) bond motifs is 1. The number of hydrogen-bond acceptors (Lipinski definition) is 5. The fourth-order valence-corrected chi connectivity index (χ4v) is 5.51. The molecule has 1 aromatic heterocycles. The first-order chi connectivity index (χ1) is 12.6. The largest absolute Gasteiger partial charge is 0.378 e. The van der Waals surface area contributed by atoms with Gasteiger partial charge in [-0.2, -0.15) is 0 Å². The fourth-order valence-electron chi connectivity index (χ4n) is 4.55. The van der Waals surface area contributed by atoms with Crippen LogP contribution in [0.2, 0.25) is 0 Å². The van der Waals surface area contributed by atoms with E-state index >= 15 is 0 Å². The predicted molar refractivity (Wildman–Crippen MR) is 102 cm³/mol. The van der Waals surface area contributed by atoms with Crippen LogP contribution in [0.15, 0.2) is 0 Å². The zero-order valence-electron chi connectivity index (χ0n) is 16.1. The Hall–Kier alpha value is -0.980. The number of carbonyl (C=O) groups is 1. The molecule has 0 aromatic carbocycles. The van der Waals surface area contributed by atoms with E-state index in [0.29, 0.717) is 0 Å². The monoisotopic (exact) mass is 378 g/mol. The van der Waals surface area contributed by atoms with Gasteiger partial charge in [-0.3, -0.25) is 4.79 Å². The number of carbonyl (C=O) groups excluding carboxylic acids is 1. The maximum absolute atomic E-state index is 13.3. The van der Waals surface area contributed by atoms with Crippen molar-refractivity contribution in [2.45, 2.75) is 76.5 Å². The molecule has 0 unspecified atom stereocenters. The summed E-state index contributed by atoms with van der Waals surface area (Å²) >= 11 is 1.55. The SMILES string of the molecule is CCc1nc(C)c(C(=O)N2CC[C@]3(OC)CC[C@H](OCC4CC4)C[C@H]23)s1. The number of methoxy groups -OCH3 is 1. The van der Waals surface area contributed by atoms with Crippen molar-refractivity contribution in [1.29, 1.82) is 0 Å². The molecule has 2 saturated carbocycles. The Morgan fingerprint density at radius 1 is 1.35 bits per heavy atom. The summed E-state index contributed by atoms with van der Waals surface area (Å²) in [5, 5.41) is 1.04. The second-order valence-corrected chi connectivity index (χ2v) is 9.17. The van der Waals surface area contributed by atoms with Crippen LogP contribution in [-0.2, 0) is 15.9 Å². The lowest BCUT2D eigenvalue weighted by Crippen LogP contribution is -2.53. The van der Waals surface area contributed by atoms with Crippen LogP contribution in [0.5, 0.6) is 0 Å². The average molecular weight is 379 g/mol. The Bertz CT molecular complexity index is 672. The van der Waals surface area contributed by atoms with Crippen LogP contribution in [-0.4, -0.2) is 53.8 Å². The minimum atomic E-state index is -0.193. The van der Waals surface area contributed by atoms with Gasteiger partial charge in [0.1, 0.15) is 4.88 Å². The number of aryl methyl sites for hydroxylation is 2. The summed E-state index contributed by atoms with van der Waals surface area (Å²) in [6.45, 7) is 5.69. The second-order valence-electron chi connectivity index (χ2n) is 8.08. The zero-order valence-corrected chi connectivity index (χ0v) is 16.9. The third-order valence-electron chi connectivity index (χ3n) is 6.40. The van der Waals surface area contributed by atoms with Gasteiger partial charge in [-0.15, -0.1) is 11.3 Å². The van der Waals surface area contributed by atoms with Crippen molar-refractivity contribution >= 4 is 17.2 Å². The molecule has 0 spiro atoms. The van der Waals surface area contributed by atoms with Gasteiger partial charge in [-0.25, -0.2) is 4.98 Å². The second kappa shape index (κ2) is 7.21. The predicted octanol–water partition coefficient (Wildman–Crippen LogP) is 3.59. The molecule has 4 rings (SSSR count). The van der Waals surface area contributed by atoms with Gasteiger partial charge in [0.2, 0.25) is 0 Å². The zero-order chi connectivity index (χ0) is 18.3. The molecule has 5 nitrogen and oxygen atoms in total. The Labute approximate surface area is 160 Å². The van der Waals surface area contributed by atoms with Crippen LogP contribution in [0.25, 0.3) is 0 Å². The fraction of sp³-hybridized carbons (Fsp3) is 0.800. The molecule has 2 heterocycles. The average Bonchev–Trinajstić information content (AvgIpc) is 3.30. The molecule has 3 atom stereocenters. The molecule has 1 saturated heterocycles. The molecule has 0 bridgehead atoms. The molecular formula is C20H30N2O3S. The van der Waals surface area contributed by atoms with E-state index in [1.165, 1.54) is 12.8 Å². The molecule has 0 N–H and O–H groups in total. The maximum atomic E-state index is 13.3. The molecule has 26 heavy (non-hydrogen) atoms. The standard InChI is InChI=1S/C20H30N2O3S/c1-4-17-21-13(2)18(26-17)19(23)22-10-9-20(24-3)8-7-15(11-16(20)22)25-12-14-5-6-14/h14-16H,4-12H2,1-3H3/t15-,16-,20+/m0/s1. The smallest absolute Gasteiger partial charge is 0.266 e. The molecule has 3 aliphatic rings. The van der Waals surface area contributed by atoms with Crippen molar-refractivity contribution < 1.29 is 14.3 Å². The third-order valence-corrected chi connectivity index (χ3v) is 7.69. The highest BCUT2D eigenvalue weighted by Crippen LogP contribution is 2.44. The van der Waals surface area contributed by atoms with Crippen molar-refractivity contribution in [3.63, 3.8) is 0 Å². The van der Waals surface area contributed by atoms with Gasteiger partial charge in [0.25, 0.3) is 5.91 Å². The van der Waals surface area contributed by atoms with Gasteiger partial charge >= 0.3 is 0 Å². The van der Waals surface area contributed by atoms with Crippen LogP contribution >= 0.6 is 11.3 Å². The number of likely N-dealkylation sites (tertiary alicyclic amines) is 1. The molecule has 3 fully saturated rings. The molecule has 6 heteroatoms. The van der Waals surface area contributed by atoms with E-state index in [2.05, 4.69) is 16.8 Å². The van der Waals surface area contributed by atoms with E-state index in [4.69, 9.17) is 9.47 Å². The van der Waals surface area contributed by atoms with Gasteiger partial charge in [-0.05, 0) is 57.8 Å². The molecule has 1 aliphatic heterocycles. The third kappa shape index (κ3) is 3.32. The molecule has 1 amide bonds. The Kier molecular flexibility index (Phi) is 5.10. The lowest BCUT2D eigenvalue weighted by molar-refractivity contribution is -0.0977. The van der Waals surface area contributed by atoms with E-state index in [1.54, 1.807) is 18.4 Å². The maximum Gasteiger partial charge on any atom is 0.266 e. The molecule has 144 valence electrons. The Morgan fingerprint density at radius 2 is 2.15 bits per heavy atom. The molecule has 0 radical (unpaired) electrons.